The molecule has 2 N–H and O–H groups in total. The lowest BCUT2D eigenvalue weighted by Crippen LogP contribution is -2.32. The maximum Gasteiger partial charge on any atom is 0.407 e. The Balaban J connectivity index is 2.07. The first-order valence-electron chi connectivity index (χ1n) is 6.69. The van der Waals surface area contributed by atoms with Crippen molar-refractivity contribution in [3.8, 4) is 0 Å². The van der Waals surface area contributed by atoms with Gasteiger partial charge >= 0.3 is 6.09 Å². The number of rotatable bonds is 6. The third-order valence-corrected chi connectivity index (χ3v) is 2.27. The quantitative estimate of drug-likeness (QED) is 0.618. The Morgan fingerprint density at radius 1 is 1.25 bits per heavy atom. The fourth-order valence-corrected chi connectivity index (χ4v) is 1.42. The second-order valence-corrected chi connectivity index (χ2v) is 5.34. The first-order valence-corrected chi connectivity index (χ1v) is 6.69. The van der Waals surface area contributed by atoms with Crippen LogP contribution in [-0.4, -0.2) is 29.8 Å². The number of hydrogen-bond acceptors (Lipinski definition) is 4. The molecular weight excluding hydrogens is 254 g/mol. The van der Waals surface area contributed by atoms with Gasteiger partial charge in [0, 0.05) is 32.0 Å². The van der Waals surface area contributed by atoms with Crippen LogP contribution in [0.1, 0.15) is 26.3 Å². The van der Waals surface area contributed by atoms with E-state index in [4.69, 9.17) is 4.74 Å². The Morgan fingerprint density at radius 2 is 1.90 bits per heavy atom. The summed E-state index contributed by atoms with van der Waals surface area (Å²) in [4.78, 5) is 15.3. The molecule has 20 heavy (non-hydrogen) atoms. The van der Waals surface area contributed by atoms with E-state index in [1.54, 1.807) is 12.4 Å². The van der Waals surface area contributed by atoms with Crippen LogP contribution in [0.5, 0.6) is 0 Å². The third-order valence-electron chi connectivity index (χ3n) is 2.27. The standard InChI is InChI=1S/C15H23N3O2/c1-15(2,3)20-14(19)18-9-5-4-8-17-12-13-6-10-16-11-7-13/h4-7,10-11,17H,8-9,12H2,1-3H3,(H,18,19)/b5-4+. The van der Waals surface area contributed by atoms with Crippen molar-refractivity contribution in [2.75, 3.05) is 13.1 Å². The summed E-state index contributed by atoms with van der Waals surface area (Å²) in [6, 6.07) is 3.95. The van der Waals surface area contributed by atoms with E-state index in [0.717, 1.165) is 13.1 Å². The van der Waals surface area contributed by atoms with E-state index >= 15 is 0 Å². The number of hydrogen-bond donors (Lipinski definition) is 2. The molecule has 0 unspecified atom stereocenters. The van der Waals surface area contributed by atoms with Gasteiger partial charge in [0.05, 0.1) is 0 Å². The molecule has 1 amide bonds. The number of carbonyl (C=O) groups excluding carboxylic acids is 1. The van der Waals surface area contributed by atoms with E-state index in [-0.39, 0.29) is 0 Å². The van der Waals surface area contributed by atoms with Crippen LogP contribution in [0.15, 0.2) is 36.7 Å². The molecule has 0 radical (unpaired) electrons. The summed E-state index contributed by atoms with van der Waals surface area (Å²) >= 11 is 0. The summed E-state index contributed by atoms with van der Waals surface area (Å²) in [5.74, 6) is 0. The molecule has 0 saturated carbocycles. The molecule has 1 heterocycles. The predicted molar refractivity (Wildman–Crippen MR) is 79.3 cm³/mol. The van der Waals surface area contributed by atoms with Crippen molar-refractivity contribution < 1.29 is 9.53 Å². The number of pyridine rings is 1. The Labute approximate surface area is 120 Å². The van der Waals surface area contributed by atoms with Crippen LogP contribution in [0, 0.1) is 0 Å². The van der Waals surface area contributed by atoms with Crippen molar-refractivity contribution in [2.24, 2.45) is 0 Å². The molecule has 1 rings (SSSR count). The second kappa shape index (κ2) is 8.32. The van der Waals surface area contributed by atoms with Crippen LogP contribution in [0.2, 0.25) is 0 Å². The molecular formula is C15H23N3O2. The van der Waals surface area contributed by atoms with Crippen molar-refractivity contribution in [3.63, 3.8) is 0 Å². The zero-order valence-corrected chi connectivity index (χ0v) is 12.3. The minimum atomic E-state index is -0.458. The Bertz CT molecular complexity index is 424. The van der Waals surface area contributed by atoms with Crippen LogP contribution in [0.3, 0.4) is 0 Å². The number of ether oxygens (including phenoxy) is 1. The van der Waals surface area contributed by atoms with Crippen molar-refractivity contribution in [2.45, 2.75) is 32.9 Å². The molecule has 0 bridgehead atoms. The molecule has 0 aromatic carbocycles. The van der Waals surface area contributed by atoms with E-state index in [2.05, 4.69) is 15.6 Å². The maximum absolute atomic E-state index is 11.3. The van der Waals surface area contributed by atoms with E-state index in [1.165, 1.54) is 5.56 Å². The molecule has 0 atom stereocenters. The molecule has 110 valence electrons. The van der Waals surface area contributed by atoms with Gasteiger partial charge in [-0.1, -0.05) is 12.2 Å². The summed E-state index contributed by atoms with van der Waals surface area (Å²) in [6.45, 7) is 7.53. The molecule has 0 aliphatic heterocycles. The predicted octanol–water partition coefficient (Wildman–Crippen LogP) is 2.25. The average Bonchev–Trinajstić information content (AvgIpc) is 2.37. The third kappa shape index (κ3) is 8.26. The normalized spacial score (nSPS) is 11.6. The molecule has 5 heteroatoms. The van der Waals surface area contributed by atoms with Gasteiger partial charge in [-0.2, -0.15) is 0 Å². The van der Waals surface area contributed by atoms with Gasteiger partial charge in [0.1, 0.15) is 5.60 Å². The zero-order chi connectivity index (χ0) is 14.8. The number of nitrogens with one attached hydrogen (secondary N) is 2. The Hall–Kier alpha value is -1.88. The molecule has 0 fully saturated rings. The fourth-order valence-electron chi connectivity index (χ4n) is 1.42. The van der Waals surface area contributed by atoms with Crippen LogP contribution >= 0.6 is 0 Å². The number of amides is 1. The van der Waals surface area contributed by atoms with Gasteiger partial charge in [-0.05, 0) is 38.5 Å². The molecule has 0 spiro atoms. The highest BCUT2D eigenvalue weighted by Gasteiger charge is 2.14. The first-order chi connectivity index (χ1) is 9.47. The maximum atomic E-state index is 11.3. The number of alkyl carbamates (subject to hydrolysis) is 1. The van der Waals surface area contributed by atoms with Gasteiger partial charge < -0.3 is 15.4 Å². The van der Waals surface area contributed by atoms with Crippen molar-refractivity contribution in [1.82, 2.24) is 15.6 Å². The van der Waals surface area contributed by atoms with Crippen LogP contribution in [-0.2, 0) is 11.3 Å². The van der Waals surface area contributed by atoms with Crippen molar-refractivity contribution in [1.29, 1.82) is 0 Å². The highest BCUT2D eigenvalue weighted by atomic mass is 16.6. The lowest BCUT2D eigenvalue weighted by molar-refractivity contribution is 0.0534. The monoisotopic (exact) mass is 277 g/mol. The largest absolute Gasteiger partial charge is 0.444 e. The fraction of sp³-hybridized carbons (Fsp3) is 0.467. The average molecular weight is 277 g/mol. The van der Waals surface area contributed by atoms with E-state index < -0.39 is 11.7 Å². The summed E-state index contributed by atoms with van der Waals surface area (Å²) < 4.78 is 5.12. The topological polar surface area (TPSA) is 63.2 Å². The Morgan fingerprint density at radius 3 is 2.55 bits per heavy atom. The second-order valence-electron chi connectivity index (χ2n) is 5.34. The lowest BCUT2D eigenvalue weighted by Gasteiger charge is -2.19. The molecule has 5 nitrogen and oxygen atoms in total. The van der Waals surface area contributed by atoms with Crippen LogP contribution in [0.25, 0.3) is 0 Å². The highest BCUT2D eigenvalue weighted by Crippen LogP contribution is 2.06. The summed E-state index contributed by atoms with van der Waals surface area (Å²) in [7, 11) is 0. The number of aromatic nitrogens is 1. The van der Waals surface area contributed by atoms with Crippen molar-refractivity contribution >= 4 is 6.09 Å². The van der Waals surface area contributed by atoms with Crippen LogP contribution in [0.4, 0.5) is 4.79 Å². The van der Waals surface area contributed by atoms with E-state index in [9.17, 15) is 4.79 Å². The number of carbonyl (C=O) groups is 1. The van der Waals surface area contributed by atoms with Gasteiger partial charge in [-0.15, -0.1) is 0 Å². The smallest absolute Gasteiger partial charge is 0.407 e. The summed E-state index contributed by atoms with van der Waals surface area (Å²) in [5.41, 5.74) is 0.736. The highest BCUT2D eigenvalue weighted by molar-refractivity contribution is 5.67. The van der Waals surface area contributed by atoms with Crippen LogP contribution < -0.4 is 10.6 Å². The van der Waals surface area contributed by atoms with E-state index in [0.29, 0.717) is 6.54 Å². The molecule has 0 saturated heterocycles. The zero-order valence-electron chi connectivity index (χ0n) is 12.3. The SMILES string of the molecule is CC(C)(C)OC(=O)NC/C=C/CNCc1ccncc1. The molecule has 0 aliphatic carbocycles. The van der Waals surface area contributed by atoms with E-state index in [1.807, 2.05) is 45.1 Å². The summed E-state index contributed by atoms with van der Waals surface area (Å²) in [6.07, 6.45) is 7.02. The first kappa shape index (κ1) is 16.2. The lowest BCUT2D eigenvalue weighted by atomic mass is 10.2. The number of nitrogens with zero attached hydrogens (tertiary/aromatic N) is 1. The van der Waals surface area contributed by atoms with Gasteiger partial charge in [0.2, 0.25) is 0 Å². The van der Waals surface area contributed by atoms with Gasteiger partial charge in [-0.3, -0.25) is 4.98 Å². The van der Waals surface area contributed by atoms with Gasteiger partial charge in [-0.25, -0.2) is 4.79 Å². The Kier molecular flexibility index (Phi) is 6.73. The van der Waals surface area contributed by atoms with Gasteiger partial charge in [0.15, 0.2) is 0 Å². The minimum Gasteiger partial charge on any atom is -0.444 e. The van der Waals surface area contributed by atoms with Gasteiger partial charge in [0.25, 0.3) is 0 Å². The minimum absolute atomic E-state index is 0.396. The summed E-state index contributed by atoms with van der Waals surface area (Å²) in [5, 5.41) is 5.93. The molecule has 1 aromatic rings. The van der Waals surface area contributed by atoms with Crippen molar-refractivity contribution in [3.05, 3.63) is 42.2 Å². The molecule has 1 aromatic heterocycles. The molecule has 0 aliphatic rings.